The van der Waals surface area contributed by atoms with Gasteiger partial charge in [-0.1, -0.05) is 35.2 Å². The molecule has 0 spiro atoms. The first-order valence-electron chi connectivity index (χ1n) is 4.76. The van der Waals surface area contributed by atoms with Crippen LogP contribution in [0.2, 0.25) is 0 Å². The van der Waals surface area contributed by atoms with Gasteiger partial charge in [-0.2, -0.15) is 0 Å². The Labute approximate surface area is 103 Å². The number of aromatic hydroxyl groups is 1. The van der Waals surface area contributed by atoms with Crippen LogP contribution in [-0.4, -0.2) is 9.03 Å². The van der Waals surface area contributed by atoms with Crippen molar-refractivity contribution >= 4 is 28.3 Å². The zero-order valence-corrected chi connectivity index (χ0v) is 10.4. The van der Waals surface area contributed by atoms with E-state index in [0.717, 1.165) is 23.4 Å². The largest absolute Gasteiger partial charge is 0.508 e. The van der Waals surface area contributed by atoms with E-state index in [4.69, 9.17) is 0 Å². The van der Waals surface area contributed by atoms with Gasteiger partial charge in [0, 0.05) is 11.4 Å². The molecular formula is C12H12INO. The molecule has 0 aromatic heterocycles. The maximum Gasteiger partial charge on any atom is 0.115 e. The monoisotopic (exact) mass is 313 g/mol. The summed E-state index contributed by atoms with van der Waals surface area (Å²) in [6, 6.07) is 7.18. The molecule has 1 aromatic rings. The van der Waals surface area contributed by atoms with Crippen molar-refractivity contribution in [2.45, 2.75) is 10.3 Å². The first-order valence-corrected chi connectivity index (χ1v) is 6.01. The maximum absolute atomic E-state index is 9.19. The molecule has 2 nitrogen and oxygen atoms in total. The summed E-state index contributed by atoms with van der Waals surface area (Å²) >= 11 is 2.37. The lowest BCUT2D eigenvalue weighted by atomic mass is 10.1. The number of halogens is 1. The Kier molecular flexibility index (Phi) is 3.00. The second-order valence-corrected chi connectivity index (χ2v) is 5.02. The van der Waals surface area contributed by atoms with E-state index in [-0.39, 0.29) is 0 Å². The van der Waals surface area contributed by atoms with E-state index in [9.17, 15) is 5.11 Å². The minimum absolute atomic E-state index is 0.292. The molecule has 0 fully saturated rings. The molecule has 3 heteroatoms. The van der Waals surface area contributed by atoms with E-state index in [2.05, 4.69) is 40.6 Å². The van der Waals surface area contributed by atoms with E-state index in [0.29, 0.717) is 9.67 Å². The molecular weight excluding hydrogens is 301 g/mol. The third-order valence-electron chi connectivity index (χ3n) is 2.38. The van der Waals surface area contributed by atoms with Crippen LogP contribution >= 0.6 is 22.6 Å². The van der Waals surface area contributed by atoms with E-state index in [1.54, 1.807) is 12.1 Å². The van der Waals surface area contributed by atoms with Gasteiger partial charge in [0.2, 0.25) is 0 Å². The molecule has 15 heavy (non-hydrogen) atoms. The summed E-state index contributed by atoms with van der Waals surface area (Å²) in [4.78, 5) is 0. The fraction of sp³-hybridized carbons (Fsp3) is 0.167. The van der Waals surface area contributed by atoms with Crippen LogP contribution in [0.1, 0.15) is 12.0 Å². The smallest absolute Gasteiger partial charge is 0.115 e. The summed E-state index contributed by atoms with van der Waals surface area (Å²) in [6.45, 7) is 3.98. The number of rotatable bonds is 1. The van der Waals surface area contributed by atoms with Gasteiger partial charge >= 0.3 is 0 Å². The normalized spacial score (nSPS) is 20.7. The van der Waals surface area contributed by atoms with Crippen molar-refractivity contribution < 1.29 is 5.11 Å². The molecule has 1 atom stereocenters. The molecule has 2 rings (SSSR count). The number of nitrogens with one attached hydrogen (secondary N) is 1. The first kappa shape index (κ1) is 10.5. The predicted molar refractivity (Wildman–Crippen MR) is 70.8 cm³/mol. The minimum atomic E-state index is 0.292. The van der Waals surface area contributed by atoms with Gasteiger partial charge in [0.25, 0.3) is 0 Å². The molecule has 0 saturated heterocycles. The lowest BCUT2D eigenvalue weighted by Crippen LogP contribution is -2.22. The molecule has 0 saturated carbocycles. The maximum atomic E-state index is 9.19. The molecule has 1 aliphatic heterocycles. The molecule has 1 aliphatic rings. The zero-order valence-electron chi connectivity index (χ0n) is 8.20. The van der Waals surface area contributed by atoms with Crippen molar-refractivity contribution in [3.63, 3.8) is 0 Å². The van der Waals surface area contributed by atoms with Crippen molar-refractivity contribution in [3.05, 3.63) is 48.2 Å². The third kappa shape index (κ3) is 2.34. The zero-order chi connectivity index (χ0) is 10.8. The lowest BCUT2D eigenvalue weighted by molar-refractivity contribution is 0.475. The summed E-state index contributed by atoms with van der Waals surface area (Å²) in [7, 11) is 0. The Hall–Kier alpha value is -0.970. The van der Waals surface area contributed by atoms with Crippen LogP contribution in [0.3, 0.4) is 0 Å². The summed E-state index contributed by atoms with van der Waals surface area (Å²) in [5.74, 6) is 0.292. The summed E-state index contributed by atoms with van der Waals surface area (Å²) in [5.41, 5.74) is 3.20. The Balaban J connectivity index is 2.25. The predicted octanol–water partition coefficient (Wildman–Crippen LogP) is 3.04. The van der Waals surface area contributed by atoms with Crippen LogP contribution in [0, 0.1) is 0 Å². The van der Waals surface area contributed by atoms with E-state index in [1.807, 2.05) is 12.1 Å². The minimum Gasteiger partial charge on any atom is -0.508 e. The highest BCUT2D eigenvalue weighted by Gasteiger charge is 2.15. The highest BCUT2D eigenvalue weighted by atomic mass is 127. The van der Waals surface area contributed by atoms with Crippen LogP contribution in [-0.2, 0) is 0 Å². The topological polar surface area (TPSA) is 32.3 Å². The molecule has 0 bridgehead atoms. The fourth-order valence-corrected chi connectivity index (χ4v) is 1.91. The van der Waals surface area contributed by atoms with Crippen LogP contribution in [0.4, 0.5) is 0 Å². The summed E-state index contributed by atoms with van der Waals surface area (Å²) in [6.07, 6.45) is 3.17. The SMILES string of the molecule is C=C1NC(c2ccc(O)cc2)=CCC1I. The van der Waals surface area contributed by atoms with Gasteiger partial charge < -0.3 is 10.4 Å². The lowest BCUT2D eigenvalue weighted by Gasteiger charge is -2.22. The van der Waals surface area contributed by atoms with Gasteiger partial charge in [-0.3, -0.25) is 0 Å². The molecule has 2 N–H and O–H groups in total. The standard InChI is InChI=1S/C12H12INO/c1-8-11(13)6-7-12(14-8)9-2-4-10(15)5-3-9/h2-5,7,11,14-15H,1,6H2. The Morgan fingerprint density at radius 3 is 2.60 bits per heavy atom. The Bertz CT molecular complexity index is 408. The van der Waals surface area contributed by atoms with Crippen LogP contribution < -0.4 is 5.32 Å². The van der Waals surface area contributed by atoms with E-state index >= 15 is 0 Å². The number of allylic oxidation sites excluding steroid dienone is 2. The summed E-state index contributed by atoms with van der Waals surface area (Å²) < 4.78 is 0.462. The molecule has 1 heterocycles. The number of phenols is 1. The van der Waals surface area contributed by atoms with Crippen molar-refractivity contribution in [2.75, 3.05) is 0 Å². The van der Waals surface area contributed by atoms with Crippen LogP contribution in [0.5, 0.6) is 5.75 Å². The number of hydrogen-bond donors (Lipinski definition) is 2. The quantitative estimate of drug-likeness (QED) is 0.617. The second-order valence-electron chi connectivity index (χ2n) is 3.52. The van der Waals surface area contributed by atoms with Crippen LogP contribution in [0.15, 0.2) is 42.6 Å². The molecule has 78 valence electrons. The third-order valence-corrected chi connectivity index (χ3v) is 3.64. The fourth-order valence-electron chi connectivity index (χ4n) is 1.50. The van der Waals surface area contributed by atoms with Crippen LogP contribution in [0.25, 0.3) is 5.70 Å². The number of benzene rings is 1. The molecule has 0 aliphatic carbocycles. The van der Waals surface area contributed by atoms with E-state index in [1.165, 1.54) is 0 Å². The van der Waals surface area contributed by atoms with Crippen molar-refractivity contribution in [1.82, 2.24) is 5.32 Å². The van der Waals surface area contributed by atoms with Crippen molar-refractivity contribution in [1.29, 1.82) is 0 Å². The van der Waals surface area contributed by atoms with Gasteiger partial charge in [-0.05, 0) is 36.2 Å². The van der Waals surface area contributed by atoms with Crippen molar-refractivity contribution in [2.24, 2.45) is 0 Å². The summed E-state index contributed by atoms with van der Waals surface area (Å²) in [5, 5.41) is 12.5. The van der Waals surface area contributed by atoms with E-state index < -0.39 is 0 Å². The van der Waals surface area contributed by atoms with Gasteiger partial charge in [0.05, 0.1) is 3.92 Å². The van der Waals surface area contributed by atoms with Gasteiger partial charge in [0.1, 0.15) is 5.75 Å². The number of phenolic OH excluding ortho intramolecular Hbond substituents is 1. The average Bonchev–Trinajstić information content (AvgIpc) is 2.23. The number of hydrogen-bond acceptors (Lipinski definition) is 2. The molecule has 1 aromatic carbocycles. The van der Waals surface area contributed by atoms with Crippen molar-refractivity contribution in [3.8, 4) is 5.75 Å². The van der Waals surface area contributed by atoms with Gasteiger partial charge in [0.15, 0.2) is 0 Å². The molecule has 0 amide bonds. The Morgan fingerprint density at radius 1 is 1.33 bits per heavy atom. The highest BCUT2D eigenvalue weighted by molar-refractivity contribution is 14.1. The van der Waals surface area contributed by atoms with Gasteiger partial charge in [-0.25, -0.2) is 0 Å². The molecule has 0 radical (unpaired) electrons. The second kappa shape index (κ2) is 4.26. The Morgan fingerprint density at radius 2 is 2.00 bits per heavy atom. The molecule has 1 unspecified atom stereocenters. The average molecular weight is 313 g/mol. The highest BCUT2D eigenvalue weighted by Crippen LogP contribution is 2.26. The number of alkyl halides is 1. The first-order chi connectivity index (χ1) is 7.16. The van der Waals surface area contributed by atoms with Gasteiger partial charge in [-0.15, -0.1) is 0 Å².